The van der Waals surface area contributed by atoms with Crippen LogP contribution in [0.4, 0.5) is 10.1 Å². The van der Waals surface area contributed by atoms with Crippen molar-refractivity contribution in [3.05, 3.63) is 59.3 Å². The number of rotatable bonds is 5. The van der Waals surface area contributed by atoms with Gasteiger partial charge in [0.15, 0.2) is 0 Å². The highest BCUT2D eigenvalue weighted by Gasteiger charge is 2.25. The fraction of sp³-hybridized carbons (Fsp3) is 0.333. The first-order chi connectivity index (χ1) is 13.3. The molecule has 1 saturated carbocycles. The molecule has 0 amide bonds. The largest absolute Gasteiger partial charge is 0.490 e. The zero-order valence-corrected chi connectivity index (χ0v) is 16.9. The number of fused-ring (bicyclic) bond motifs is 1. The van der Waals surface area contributed by atoms with Crippen LogP contribution in [0.25, 0.3) is 10.9 Å². The molecule has 1 aliphatic carbocycles. The summed E-state index contributed by atoms with van der Waals surface area (Å²) in [6, 6.07) is 8.37. The topological polar surface area (TPSA) is 64.4 Å². The molecule has 0 N–H and O–H groups in total. The van der Waals surface area contributed by atoms with Crippen LogP contribution in [0.2, 0.25) is 0 Å². The summed E-state index contributed by atoms with van der Waals surface area (Å²) in [5, 5.41) is 0.932. The van der Waals surface area contributed by atoms with E-state index in [9.17, 15) is 8.60 Å². The molecule has 0 bridgehead atoms. The number of aryl methyl sites for hydroxylation is 1. The average Bonchev–Trinajstić information content (AvgIpc) is 3.39. The zero-order chi connectivity index (χ0) is 19.9. The standard InChI is InChI=1S/C21H22FN3O2S/c1-13-8-16(25-28(2,3)26)11-19-21(13)18(23-12-24-19)9-14-4-5-15(22)10-20(14)27-17-6-7-17/h4-5,8,10-12,17H,6-7,9H2,1-3H3. The zero-order valence-electron chi connectivity index (χ0n) is 16.1. The predicted octanol–water partition coefficient (Wildman–Crippen LogP) is 4.57. The second-order valence-corrected chi connectivity index (χ2v) is 10.0. The first-order valence-electron chi connectivity index (χ1n) is 9.15. The van der Waals surface area contributed by atoms with Gasteiger partial charge >= 0.3 is 0 Å². The van der Waals surface area contributed by atoms with Crippen molar-refractivity contribution >= 4 is 26.3 Å². The smallest absolute Gasteiger partial charge is 0.126 e. The maximum atomic E-state index is 13.7. The molecule has 0 atom stereocenters. The lowest BCUT2D eigenvalue weighted by Gasteiger charge is -2.13. The third-order valence-corrected chi connectivity index (χ3v) is 5.18. The van der Waals surface area contributed by atoms with E-state index in [2.05, 4.69) is 14.3 Å². The molecule has 2 aromatic carbocycles. The van der Waals surface area contributed by atoms with E-state index < -0.39 is 9.73 Å². The number of ether oxygens (including phenoxy) is 1. The Balaban J connectivity index is 1.77. The highest BCUT2D eigenvalue weighted by molar-refractivity contribution is 7.92. The minimum absolute atomic E-state index is 0.187. The van der Waals surface area contributed by atoms with E-state index in [0.717, 1.165) is 40.6 Å². The van der Waals surface area contributed by atoms with Crippen molar-refractivity contribution < 1.29 is 13.3 Å². The summed E-state index contributed by atoms with van der Waals surface area (Å²) in [4.78, 5) is 8.85. The van der Waals surface area contributed by atoms with Gasteiger partial charge in [-0.3, -0.25) is 0 Å². The Kier molecular flexibility index (Phi) is 4.79. The van der Waals surface area contributed by atoms with Gasteiger partial charge in [0.2, 0.25) is 0 Å². The van der Waals surface area contributed by atoms with Gasteiger partial charge in [0.05, 0.1) is 23.0 Å². The second kappa shape index (κ2) is 7.13. The third-order valence-electron chi connectivity index (χ3n) is 4.53. The summed E-state index contributed by atoms with van der Waals surface area (Å²) in [5.41, 5.74) is 4.09. The molecule has 1 heterocycles. The molecular weight excluding hydrogens is 377 g/mol. The van der Waals surface area contributed by atoms with Crippen LogP contribution in [0.5, 0.6) is 5.75 Å². The molecule has 7 heteroatoms. The Labute approximate surface area is 164 Å². The number of aromatic nitrogens is 2. The number of nitrogens with zero attached hydrogens (tertiary/aromatic N) is 3. The molecular formula is C21H22FN3O2S. The highest BCUT2D eigenvalue weighted by Crippen LogP contribution is 2.33. The lowest BCUT2D eigenvalue weighted by molar-refractivity contribution is 0.299. The first-order valence-corrected chi connectivity index (χ1v) is 11.5. The minimum Gasteiger partial charge on any atom is -0.490 e. The Hall–Kier alpha value is -2.54. The number of hydrogen-bond donors (Lipinski definition) is 0. The van der Waals surface area contributed by atoms with Crippen LogP contribution < -0.4 is 4.74 Å². The quantitative estimate of drug-likeness (QED) is 0.630. The third kappa shape index (κ3) is 4.30. The van der Waals surface area contributed by atoms with Crippen molar-refractivity contribution in [2.45, 2.75) is 32.3 Å². The van der Waals surface area contributed by atoms with Gasteiger partial charge in [-0.25, -0.2) is 18.6 Å². The number of benzene rings is 2. The van der Waals surface area contributed by atoms with E-state index in [1.165, 1.54) is 18.5 Å². The molecule has 28 heavy (non-hydrogen) atoms. The second-order valence-electron chi connectivity index (χ2n) is 7.50. The molecule has 0 unspecified atom stereocenters. The van der Waals surface area contributed by atoms with E-state index >= 15 is 0 Å². The number of halogens is 1. The Morgan fingerprint density at radius 3 is 2.71 bits per heavy atom. The monoisotopic (exact) mass is 399 g/mol. The fourth-order valence-corrected chi connectivity index (χ4v) is 3.84. The fourth-order valence-electron chi connectivity index (χ4n) is 3.22. The van der Waals surface area contributed by atoms with Gasteiger partial charge in [0.25, 0.3) is 0 Å². The normalized spacial score (nSPS) is 14.3. The lowest BCUT2D eigenvalue weighted by Crippen LogP contribution is -2.03. The van der Waals surface area contributed by atoms with Gasteiger partial charge in [-0.15, -0.1) is 0 Å². The maximum Gasteiger partial charge on any atom is 0.126 e. The van der Waals surface area contributed by atoms with E-state index in [4.69, 9.17) is 4.74 Å². The first kappa shape index (κ1) is 18.8. The molecule has 0 aliphatic heterocycles. The van der Waals surface area contributed by atoms with E-state index in [1.54, 1.807) is 18.6 Å². The van der Waals surface area contributed by atoms with Crippen LogP contribution in [0.15, 0.2) is 41.0 Å². The Morgan fingerprint density at radius 2 is 2.00 bits per heavy atom. The van der Waals surface area contributed by atoms with Crippen molar-refractivity contribution in [1.82, 2.24) is 9.97 Å². The van der Waals surface area contributed by atoms with E-state index in [-0.39, 0.29) is 11.9 Å². The summed E-state index contributed by atoms with van der Waals surface area (Å²) in [5.74, 6) is 0.271. The van der Waals surface area contributed by atoms with E-state index in [1.807, 2.05) is 19.1 Å². The molecule has 0 saturated heterocycles. The summed E-state index contributed by atoms with van der Waals surface area (Å²) in [6.07, 6.45) is 7.44. The summed E-state index contributed by atoms with van der Waals surface area (Å²) in [7, 11) is -2.26. The van der Waals surface area contributed by atoms with Crippen molar-refractivity contribution in [2.24, 2.45) is 4.36 Å². The molecule has 5 nitrogen and oxygen atoms in total. The van der Waals surface area contributed by atoms with Crippen molar-refractivity contribution in [1.29, 1.82) is 0 Å². The predicted molar refractivity (Wildman–Crippen MR) is 109 cm³/mol. The molecule has 1 aliphatic rings. The summed E-state index contributed by atoms with van der Waals surface area (Å²) in [6.45, 7) is 1.97. The van der Waals surface area contributed by atoms with Crippen LogP contribution in [-0.2, 0) is 16.1 Å². The van der Waals surface area contributed by atoms with Gasteiger partial charge in [-0.2, -0.15) is 4.36 Å². The van der Waals surface area contributed by atoms with E-state index in [0.29, 0.717) is 17.9 Å². The van der Waals surface area contributed by atoms with Gasteiger partial charge < -0.3 is 4.74 Å². The summed E-state index contributed by atoms with van der Waals surface area (Å²) < 4.78 is 35.9. The Morgan fingerprint density at radius 1 is 1.21 bits per heavy atom. The number of hydrogen-bond acceptors (Lipinski definition) is 5. The average molecular weight is 399 g/mol. The molecule has 0 radical (unpaired) electrons. The SMILES string of the molecule is Cc1cc(N=S(C)(C)=O)cc2ncnc(Cc3ccc(F)cc3OC3CC3)c12. The van der Waals surface area contributed by atoms with Crippen LogP contribution in [0, 0.1) is 12.7 Å². The molecule has 4 rings (SSSR count). The van der Waals surface area contributed by atoms with Gasteiger partial charge in [0, 0.05) is 45.7 Å². The summed E-state index contributed by atoms with van der Waals surface area (Å²) >= 11 is 0. The maximum absolute atomic E-state index is 13.7. The van der Waals surface area contributed by atoms with Crippen molar-refractivity contribution in [3.8, 4) is 5.75 Å². The minimum atomic E-state index is -2.26. The van der Waals surface area contributed by atoms with Gasteiger partial charge in [-0.05, 0) is 43.5 Å². The van der Waals surface area contributed by atoms with Crippen LogP contribution in [0.3, 0.4) is 0 Å². The highest BCUT2D eigenvalue weighted by atomic mass is 32.2. The van der Waals surface area contributed by atoms with Gasteiger partial charge in [0.1, 0.15) is 17.9 Å². The Bertz CT molecular complexity index is 1170. The molecule has 146 valence electrons. The van der Waals surface area contributed by atoms with Crippen LogP contribution >= 0.6 is 0 Å². The molecule has 3 aromatic rings. The van der Waals surface area contributed by atoms with Crippen LogP contribution in [-0.4, -0.2) is 32.8 Å². The molecule has 1 aromatic heterocycles. The van der Waals surface area contributed by atoms with Gasteiger partial charge in [-0.1, -0.05) is 6.07 Å². The van der Waals surface area contributed by atoms with Crippen molar-refractivity contribution in [2.75, 3.05) is 12.5 Å². The van der Waals surface area contributed by atoms with Crippen LogP contribution in [0.1, 0.15) is 29.7 Å². The van der Waals surface area contributed by atoms with Crippen molar-refractivity contribution in [3.63, 3.8) is 0 Å². The molecule has 1 fully saturated rings. The lowest BCUT2D eigenvalue weighted by atomic mass is 10.0. The molecule has 0 spiro atoms.